The summed E-state index contributed by atoms with van der Waals surface area (Å²) in [5, 5.41) is 0. The van der Waals surface area contributed by atoms with Gasteiger partial charge >= 0.3 is 19.8 Å². The number of phosphoric ester groups is 1. The maximum absolute atomic E-state index is 12.4. The minimum atomic E-state index is -4.75. The third kappa shape index (κ3) is 41.8. The number of rotatable bonds is 42. The summed E-state index contributed by atoms with van der Waals surface area (Å²) in [5.41, 5.74) is 0. The first kappa shape index (κ1) is 51.0. The van der Waals surface area contributed by atoms with Gasteiger partial charge in [-0.1, -0.05) is 219 Å². The van der Waals surface area contributed by atoms with Gasteiger partial charge in [-0.25, -0.2) is 4.57 Å². The monoisotopic (exact) mass is 761 g/mol. The van der Waals surface area contributed by atoms with Crippen molar-refractivity contribution < 1.29 is 37.9 Å². The lowest BCUT2D eigenvalue weighted by Crippen LogP contribution is -2.29. The van der Waals surface area contributed by atoms with Crippen LogP contribution in [0.3, 0.4) is 0 Å². The van der Waals surface area contributed by atoms with E-state index in [0.29, 0.717) is 6.42 Å². The number of carbonyl (C=O) groups excluding carboxylic acids is 2. The van der Waals surface area contributed by atoms with Crippen LogP contribution in [-0.4, -0.2) is 41.0 Å². The van der Waals surface area contributed by atoms with E-state index >= 15 is 0 Å². The summed E-state index contributed by atoms with van der Waals surface area (Å²) < 4.78 is 26.4. The van der Waals surface area contributed by atoms with Crippen molar-refractivity contribution in [1.29, 1.82) is 0 Å². The molecule has 1 atom stereocenters. The minimum Gasteiger partial charge on any atom is -0.462 e. The first-order valence-corrected chi connectivity index (χ1v) is 23.9. The fourth-order valence-electron chi connectivity index (χ4n) is 6.79. The van der Waals surface area contributed by atoms with Gasteiger partial charge in [-0.2, -0.15) is 0 Å². The lowest BCUT2D eigenvalue weighted by molar-refractivity contribution is -0.161. The van der Waals surface area contributed by atoms with Crippen LogP contribution in [0.2, 0.25) is 0 Å². The van der Waals surface area contributed by atoms with E-state index in [9.17, 15) is 14.2 Å². The highest BCUT2D eigenvalue weighted by Crippen LogP contribution is 2.36. The first-order chi connectivity index (χ1) is 25.3. The third-order valence-corrected chi connectivity index (χ3v) is 10.6. The Balaban J connectivity index is 3.83. The zero-order chi connectivity index (χ0) is 38.2. The summed E-state index contributed by atoms with van der Waals surface area (Å²) in [7, 11) is -4.75. The summed E-state index contributed by atoms with van der Waals surface area (Å²) in [6, 6.07) is 0. The van der Waals surface area contributed by atoms with E-state index in [2.05, 4.69) is 18.4 Å². The molecule has 0 aliphatic rings. The van der Waals surface area contributed by atoms with E-state index in [1.54, 1.807) is 0 Å². The number of phosphoric acid groups is 1. The molecule has 0 aliphatic heterocycles. The van der Waals surface area contributed by atoms with Crippen molar-refractivity contribution >= 4 is 19.8 Å². The molecule has 8 nitrogen and oxygen atoms in total. The van der Waals surface area contributed by atoms with Gasteiger partial charge < -0.3 is 19.3 Å². The second-order valence-electron chi connectivity index (χ2n) is 15.4. The van der Waals surface area contributed by atoms with Gasteiger partial charge in [0.15, 0.2) is 6.10 Å². The third-order valence-electron chi connectivity index (χ3n) is 10.1. The fraction of sp³-hybridized carbons (Fsp3) is 0.953. The van der Waals surface area contributed by atoms with E-state index in [1.807, 2.05) is 0 Å². The van der Waals surface area contributed by atoms with E-state index in [4.69, 9.17) is 19.3 Å². The van der Waals surface area contributed by atoms with Crippen LogP contribution >= 0.6 is 7.82 Å². The highest BCUT2D eigenvalue weighted by molar-refractivity contribution is 7.46. The Labute approximate surface area is 321 Å². The zero-order valence-corrected chi connectivity index (χ0v) is 35.1. The van der Waals surface area contributed by atoms with Crippen molar-refractivity contribution in [2.45, 2.75) is 251 Å². The number of ether oxygens (including phenoxy) is 2. The van der Waals surface area contributed by atoms with Gasteiger partial charge in [0.05, 0.1) is 6.61 Å². The molecule has 0 aromatic rings. The molecule has 0 fully saturated rings. The molecule has 310 valence electrons. The predicted octanol–water partition coefficient (Wildman–Crippen LogP) is 13.6. The van der Waals surface area contributed by atoms with E-state index in [-0.39, 0.29) is 19.4 Å². The van der Waals surface area contributed by atoms with Gasteiger partial charge in [0.1, 0.15) is 6.61 Å². The molecule has 0 aliphatic carbocycles. The molecule has 0 aromatic carbocycles. The molecule has 2 N–H and O–H groups in total. The SMILES string of the molecule is CCCCCCCCCCCCCCCCCCCC(=O)OC[C@H](COP(=O)(O)O)OC(=O)CCCCCCCCCCCCCCCCCCC. The molecule has 0 saturated carbocycles. The van der Waals surface area contributed by atoms with E-state index in [1.165, 1.54) is 180 Å². The maximum Gasteiger partial charge on any atom is 0.469 e. The standard InChI is InChI=1S/C43H85O8P/c1-3-5-7-9-11-13-15-17-19-21-23-25-27-29-31-33-35-37-42(44)49-39-41(40-50-52(46,47)48)51-43(45)38-36-34-32-30-28-26-24-22-20-18-16-14-12-10-8-6-4-2/h41H,3-40H2,1-2H3,(H2,46,47,48)/t41-/m1/s1. The lowest BCUT2D eigenvalue weighted by Gasteiger charge is -2.18. The molecule has 0 rings (SSSR count). The van der Waals surface area contributed by atoms with Gasteiger partial charge in [0.25, 0.3) is 0 Å². The summed E-state index contributed by atoms with van der Waals surface area (Å²) in [4.78, 5) is 42.9. The Morgan fingerprint density at radius 1 is 0.423 bits per heavy atom. The van der Waals surface area contributed by atoms with Crippen molar-refractivity contribution in [2.24, 2.45) is 0 Å². The second kappa shape index (κ2) is 39.7. The predicted molar refractivity (Wildman–Crippen MR) is 216 cm³/mol. The Hall–Kier alpha value is -0.950. The molecule has 0 bridgehead atoms. The normalized spacial score (nSPS) is 12.3. The number of unbranched alkanes of at least 4 members (excludes halogenated alkanes) is 32. The molecule has 0 amide bonds. The lowest BCUT2D eigenvalue weighted by atomic mass is 10.0. The minimum absolute atomic E-state index is 0.220. The van der Waals surface area contributed by atoms with Gasteiger partial charge in [0.2, 0.25) is 0 Å². The Morgan fingerprint density at radius 3 is 0.981 bits per heavy atom. The number of hydrogen-bond acceptors (Lipinski definition) is 6. The van der Waals surface area contributed by atoms with Gasteiger partial charge in [-0.15, -0.1) is 0 Å². The maximum atomic E-state index is 12.4. The fourth-order valence-corrected chi connectivity index (χ4v) is 7.15. The van der Waals surface area contributed by atoms with Crippen molar-refractivity contribution in [3.63, 3.8) is 0 Å². The van der Waals surface area contributed by atoms with Crippen molar-refractivity contribution in [3.05, 3.63) is 0 Å². The van der Waals surface area contributed by atoms with Gasteiger partial charge in [-0.05, 0) is 12.8 Å². The molecule has 0 heterocycles. The van der Waals surface area contributed by atoms with E-state index in [0.717, 1.165) is 32.1 Å². The topological polar surface area (TPSA) is 119 Å². The van der Waals surface area contributed by atoms with Gasteiger partial charge in [0, 0.05) is 12.8 Å². The average Bonchev–Trinajstić information content (AvgIpc) is 3.11. The number of carbonyl (C=O) groups is 2. The molecule has 0 unspecified atom stereocenters. The largest absolute Gasteiger partial charge is 0.469 e. The van der Waals surface area contributed by atoms with Crippen LogP contribution in [-0.2, 0) is 28.2 Å². The van der Waals surface area contributed by atoms with Crippen LogP contribution in [0.5, 0.6) is 0 Å². The van der Waals surface area contributed by atoms with E-state index < -0.39 is 32.5 Å². The quantitative estimate of drug-likeness (QED) is 0.0358. The molecular formula is C43H85O8P. The second-order valence-corrected chi connectivity index (χ2v) is 16.6. The molecular weight excluding hydrogens is 675 g/mol. The number of esters is 2. The molecule has 0 aromatic heterocycles. The van der Waals surface area contributed by atoms with Crippen LogP contribution < -0.4 is 0 Å². The molecule has 52 heavy (non-hydrogen) atoms. The van der Waals surface area contributed by atoms with Crippen molar-refractivity contribution in [2.75, 3.05) is 13.2 Å². The highest BCUT2D eigenvalue weighted by atomic mass is 31.2. The van der Waals surface area contributed by atoms with Gasteiger partial charge in [-0.3, -0.25) is 14.1 Å². The van der Waals surface area contributed by atoms with Crippen LogP contribution in [0.15, 0.2) is 0 Å². The molecule has 9 heteroatoms. The molecule has 0 radical (unpaired) electrons. The summed E-state index contributed by atoms with van der Waals surface area (Å²) >= 11 is 0. The Kier molecular flexibility index (Phi) is 39.0. The molecule has 0 spiro atoms. The Bertz CT molecular complexity index is 817. The summed E-state index contributed by atoms with van der Waals surface area (Å²) in [6.45, 7) is 3.73. The van der Waals surface area contributed by atoms with Crippen LogP contribution in [0, 0.1) is 0 Å². The zero-order valence-electron chi connectivity index (χ0n) is 34.2. The van der Waals surface area contributed by atoms with Crippen LogP contribution in [0.4, 0.5) is 0 Å². The molecule has 0 saturated heterocycles. The van der Waals surface area contributed by atoms with Crippen molar-refractivity contribution in [3.8, 4) is 0 Å². The summed E-state index contributed by atoms with van der Waals surface area (Å²) in [6.07, 6.45) is 42.5. The smallest absolute Gasteiger partial charge is 0.462 e. The van der Waals surface area contributed by atoms with Crippen molar-refractivity contribution in [1.82, 2.24) is 0 Å². The van der Waals surface area contributed by atoms with Crippen LogP contribution in [0.25, 0.3) is 0 Å². The Morgan fingerprint density at radius 2 is 0.692 bits per heavy atom. The van der Waals surface area contributed by atoms with Crippen LogP contribution in [0.1, 0.15) is 245 Å². The first-order valence-electron chi connectivity index (χ1n) is 22.3. The summed E-state index contributed by atoms with van der Waals surface area (Å²) in [5.74, 6) is -0.865. The number of hydrogen-bond donors (Lipinski definition) is 2. The highest BCUT2D eigenvalue weighted by Gasteiger charge is 2.23. The average molecular weight is 761 g/mol.